The predicted octanol–water partition coefficient (Wildman–Crippen LogP) is -2.57. The molecule has 0 bridgehead atoms. The molecule has 6 nitrogen and oxygen atoms in total. The molecule has 1 fully saturated rings. The number of rotatable bonds is 3. The lowest BCUT2D eigenvalue weighted by atomic mass is 10.1. The maximum Gasteiger partial charge on any atom is 0.184 e. The minimum absolute atomic E-state index is 0.0266. The quantitative estimate of drug-likeness (QED) is 0.394. The van der Waals surface area contributed by atoms with Gasteiger partial charge in [-0.1, -0.05) is 0 Å². The molecular weight excluding hydrogens is 180 g/mol. The zero-order chi connectivity index (χ0) is 10.0. The van der Waals surface area contributed by atoms with Gasteiger partial charge < -0.3 is 29.9 Å². The van der Waals surface area contributed by atoms with Crippen LogP contribution in [0, 0.1) is 0 Å². The molecule has 0 aromatic rings. The highest BCUT2D eigenvalue weighted by molar-refractivity contribution is 4.89. The van der Waals surface area contributed by atoms with Crippen LogP contribution in [0.5, 0.6) is 0 Å². The summed E-state index contributed by atoms with van der Waals surface area (Å²) < 4.78 is 9.36. The molecule has 78 valence electrons. The Morgan fingerprint density at radius 2 is 1.92 bits per heavy atom. The smallest absolute Gasteiger partial charge is 0.184 e. The molecule has 4 N–H and O–H groups in total. The summed E-state index contributed by atoms with van der Waals surface area (Å²) in [5, 5.41) is 36.6. The first-order valence-corrected chi connectivity index (χ1v) is 3.94. The monoisotopic (exact) mass is 194 g/mol. The summed E-state index contributed by atoms with van der Waals surface area (Å²) in [6.45, 7) is -0.0266. The Morgan fingerprint density at radius 3 is 2.31 bits per heavy atom. The van der Waals surface area contributed by atoms with Crippen LogP contribution in [0.1, 0.15) is 0 Å². The van der Waals surface area contributed by atoms with Crippen molar-refractivity contribution in [1.29, 1.82) is 0 Å². The van der Waals surface area contributed by atoms with E-state index >= 15 is 0 Å². The fraction of sp³-hybridized carbons (Fsp3) is 1.00. The first-order chi connectivity index (χ1) is 6.07. The average molecular weight is 194 g/mol. The van der Waals surface area contributed by atoms with Gasteiger partial charge in [-0.25, -0.2) is 0 Å². The first kappa shape index (κ1) is 10.8. The minimum Gasteiger partial charge on any atom is -0.388 e. The van der Waals surface area contributed by atoms with Crippen molar-refractivity contribution in [1.82, 2.24) is 0 Å². The van der Waals surface area contributed by atoms with Crippen LogP contribution >= 0.6 is 0 Å². The molecule has 0 saturated carbocycles. The van der Waals surface area contributed by atoms with Gasteiger partial charge in [-0.2, -0.15) is 0 Å². The van der Waals surface area contributed by atoms with E-state index in [1.165, 1.54) is 7.11 Å². The van der Waals surface area contributed by atoms with Gasteiger partial charge in [0, 0.05) is 7.11 Å². The lowest BCUT2D eigenvalue weighted by Crippen LogP contribution is -2.40. The fourth-order valence-electron chi connectivity index (χ4n) is 1.27. The lowest BCUT2D eigenvalue weighted by Gasteiger charge is -2.19. The highest BCUT2D eigenvalue weighted by Crippen LogP contribution is 2.22. The molecule has 0 aromatic carbocycles. The molecule has 5 atom stereocenters. The van der Waals surface area contributed by atoms with E-state index in [0.29, 0.717) is 0 Å². The number of aliphatic hydroxyl groups is 4. The van der Waals surface area contributed by atoms with Gasteiger partial charge in [0.2, 0.25) is 0 Å². The molecule has 0 aliphatic carbocycles. The Morgan fingerprint density at radius 1 is 1.31 bits per heavy atom. The van der Waals surface area contributed by atoms with Crippen molar-refractivity contribution >= 4 is 0 Å². The van der Waals surface area contributed by atoms with Crippen molar-refractivity contribution in [2.75, 3.05) is 13.7 Å². The zero-order valence-corrected chi connectivity index (χ0v) is 7.20. The third kappa shape index (κ3) is 2.16. The second kappa shape index (κ2) is 4.32. The van der Waals surface area contributed by atoms with Crippen LogP contribution in [0.3, 0.4) is 0 Å². The molecular formula is C7H14O6. The molecule has 1 saturated heterocycles. The number of hydrogen-bond acceptors (Lipinski definition) is 6. The van der Waals surface area contributed by atoms with E-state index in [0.717, 1.165) is 0 Å². The van der Waals surface area contributed by atoms with Crippen LogP contribution in [-0.4, -0.2) is 64.8 Å². The second-order valence-electron chi connectivity index (χ2n) is 3.00. The van der Waals surface area contributed by atoms with Crippen LogP contribution in [0.15, 0.2) is 0 Å². The lowest BCUT2D eigenvalue weighted by molar-refractivity contribution is -0.151. The fourth-order valence-corrected chi connectivity index (χ4v) is 1.27. The normalized spacial score (nSPS) is 42.2. The van der Waals surface area contributed by atoms with E-state index in [2.05, 4.69) is 4.74 Å². The summed E-state index contributed by atoms with van der Waals surface area (Å²) in [5.74, 6) is 0. The van der Waals surface area contributed by atoms with E-state index < -0.39 is 30.7 Å². The third-order valence-electron chi connectivity index (χ3n) is 1.99. The van der Waals surface area contributed by atoms with Crippen molar-refractivity contribution in [3.8, 4) is 0 Å². The summed E-state index contributed by atoms with van der Waals surface area (Å²) in [6.07, 6.45) is -6.19. The van der Waals surface area contributed by atoms with Gasteiger partial charge in [-0.3, -0.25) is 0 Å². The van der Waals surface area contributed by atoms with E-state index in [1.54, 1.807) is 0 Å². The Balaban J connectivity index is 2.52. The first-order valence-electron chi connectivity index (χ1n) is 3.94. The van der Waals surface area contributed by atoms with E-state index in [-0.39, 0.29) is 6.61 Å². The Labute approximate surface area is 75.3 Å². The molecule has 0 aromatic heterocycles. The van der Waals surface area contributed by atoms with Crippen LogP contribution < -0.4 is 0 Å². The molecule has 1 aliphatic rings. The van der Waals surface area contributed by atoms with Crippen molar-refractivity contribution in [3.05, 3.63) is 0 Å². The largest absolute Gasteiger partial charge is 0.388 e. The van der Waals surface area contributed by atoms with Crippen LogP contribution in [0.4, 0.5) is 0 Å². The Hall–Kier alpha value is -0.240. The van der Waals surface area contributed by atoms with Gasteiger partial charge in [0.25, 0.3) is 0 Å². The molecule has 1 aliphatic heterocycles. The Bertz CT molecular complexity index is 163. The van der Waals surface area contributed by atoms with Gasteiger partial charge in [0.1, 0.15) is 24.4 Å². The van der Waals surface area contributed by atoms with E-state index in [1.807, 2.05) is 0 Å². The standard InChI is InChI=1S/C7H14O6/c1-12-2-3(8)6-4(9)5(10)7(11)13-6/h3-11H,2H2,1H3/t3-,4-,5+,6-,7+/m1/s1. The number of hydrogen-bond donors (Lipinski definition) is 4. The van der Waals surface area contributed by atoms with Crippen molar-refractivity contribution < 1.29 is 29.9 Å². The van der Waals surface area contributed by atoms with Gasteiger partial charge in [-0.15, -0.1) is 0 Å². The van der Waals surface area contributed by atoms with Crippen molar-refractivity contribution in [3.63, 3.8) is 0 Å². The average Bonchev–Trinajstić information content (AvgIpc) is 2.33. The summed E-state index contributed by atoms with van der Waals surface area (Å²) >= 11 is 0. The topological polar surface area (TPSA) is 99.4 Å². The predicted molar refractivity (Wildman–Crippen MR) is 40.8 cm³/mol. The van der Waals surface area contributed by atoms with Crippen molar-refractivity contribution in [2.24, 2.45) is 0 Å². The molecule has 1 rings (SSSR count). The number of methoxy groups -OCH3 is 1. The summed E-state index contributed by atoms with van der Waals surface area (Å²) in [6, 6.07) is 0. The highest BCUT2D eigenvalue weighted by atomic mass is 16.7. The van der Waals surface area contributed by atoms with Crippen LogP contribution in [-0.2, 0) is 9.47 Å². The van der Waals surface area contributed by atoms with Crippen LogP contribution in [0.2, 0.25) is 0 Å². The molecule has 6 heteroatoms. The van der Waals surface area contributed by atoms with Gasteiger partial charge >= 0.3 is 0 Å². The third-order valence-corrected chi connectivity index (χ3v) is 1.99. The molecule has 1 heterocycles. The SMILES string of the molecule is COC[C@@H](O)[C@H]1O[C@H](O)[C@@H](O)[C@H]1O. The Kier molecular flexibility index (Phi) is 3.60. The molecule has 0 amide bonds. The van der Waals surface area contributed by atoms with Crippen LogP contribution in [0.25, 0.3) is 0 Å². The molecule has 13 heavy (non-hydrogen) atoms. The number of aliphatic hydroxyl groups excluding tert-OH is 4. The number of ether oxygens (including phenoxy) is 2. The van der Waals surface area contributed by atoms with E-state index in [4.69, 9.17) is 14.9 Å². The zero-order valence-electron chi connectivity index (χ0n) is 7.20. The highest BCUT2D eigenvalue weighted by Gasteiger charge is 2.45. The molecule has 0 radical (unpaired) electrons. The van der Waals surface area contributed by atoms with Gasteiger partial charge in [-0.05, 0) is 0 Å². The molecule has 0 spiro atoms. The summed E-state index contributed by atoms with van der Waals surface area (Å²) in [5.41, 5.74) is 0. The summed E-state index contributed by atoms with van der Waals surface area (Å²) in [4.78, 5) is 0. The maximum atomic E-state index is 9.32. The van der Waals surface area contributed by atoms with Gasteiger partial charge in [0.05, 0.1) is 6.61 Å². The molecule has 0 unspecified atom stereocenters. The maximum absolute atomic E-state index is 9.32. The van der Waals surface area contributed by atoms with E-state index in [9.17, 15) is 10.2 Å². The van der Waals surface area contributed by atoms with Gasteiger partial charge in [0.15, 0.2) is 6.29 Å². The summed E-state index contributed by atoms with van der Waals surface area (Å²) in [7, 11) is 1.39. The second-order valence-corrected chi connectivity index (χ2v) is 3.00. The minimum atomic E-state index is -1.45. The van der Waals surface area contributed by atoms with Crippen molar-refractivity contribution in [2.45, 2.75) is 30.7 Å².